The highest BCUT2D eigenvalue weighted by Crippen LogP contribution is 2.54. The Morgan fingerprint density at radius 2 is 1.79 bits per heavy atom. The minimum absolute atomic E-state index is 0.134. The van der Waals surface area contributed by atoms with Gasteiger partial charge in [-0.1, -0.05) is 59.7 Å². The number of rotatable bonds is 4. The average Bonchev–Trinajstić information content (AvgIpc) is 3.36. The van der Waals surface area contributed by atoms with Gasteiger partial charge in [-0.05, 0) is 43.2 Å². The summed E-state index contributed by atoms with van der Waals surface area (Å²) in [5.41, 5.74) is 5.64. The first-order valence-corrected chi connectivity index (χ1v) is 12.3. The van der Waals surface area contributed by atoms with E-state index in [1.165, 1.54) is 23.9 Å². The summed E-state index contributed by atoms with van der Waals surface area (Å²) in [5.74, 6) is 0.221. The van der Waals surface area contributed by atoms with Gasteiger partial charge in [-0.2, -0.15) is 0 Å². The molecule has 0 unspecified atom stereocenters. The predicted octanol–water partition coefficient (Wildman–Crippen LogP) is 5.10. The zero-order valence-corrected chi connectivity index (χ0v) is 20.0. The highest BCUT2D eigenvalue weighted by Gasteiger charge is 2.59. The minimum atomic E-state index is -1.10. The molecule has 7 heteroatoms. The molecule has 3 amide bonds. The summed E-state index contributed by atoms with van der Waals surface area (Å²) in [7, 11) is 0. The fourth-order valence-electron chi connectivity index (χ4n) is 4.75. The van der Waals surface area contributed by atoms with Crippen molar-refractivity contribution in [3.8, 4) is 0 Å². The fourth-order valence-corrected chi connectivity index (χ4v) is 6.21. The Morgan fingerprint density at radius 3 is 2.56 bits per heavy atom. The van der Waals surface area contributed by atoms with Gasteiger partial charge in [0.2, 0.25) is 0 Å². The first kappa shape index (κ1) is 22.5. The van der Waals surface area contributed by atoms with Gasteiger partial charge < -0.3 is 10.2 Å². The first-order chi connectivity index (χ1) is 16.4. The Balaban J connectivity index is 1.46. The molecule has 0 aromatic heterocycles. The van der Waals surface area contributed by atoms with Crippen LogP contribution in [0, 0.1) is 19.7 Å². The van der Waals surface area contributed by atoms with E-state index >= 15 is 0 Å². The molecule has 2 aliphatic rings. The predicted molar refractivity (Wildman–Crippen MR) is 133 cm³/mol. The number of aryl methyl sites for hydroxylation is 2. The van der Waals surface area contributed by atoms with E-state index in [-0.39, 0.29) is 17.8 Å². The van der Waals surface area contributed by atoms with Crippen molar-refractivity contribution in [2.24, 2.45) is 0 Å². The number of halogens is 1. The van der Waals surface area contributed by atoms with E-state index in [1.54, 1.807) is 21.9 Å². The summed E-state index contributed by atoms with van der Waals surface area (Å²) in [6.45, 7) is 5.20. The molecule has 3 aromatic carbocycles. The number of nitrogens with one attached hydrogen (secondary N) is 1. The molecule has 3 aromatic rings. The van der Waals surface area contributed by atoms with Crippen LogP contribution in [-0.4, -0.2) is 29.1 Å². The van der Waals surface area contributed by atoms with Crippen LogP contribution in [0.15, 0.2) is 66.7 Å². The van der Waals surface area contributed by atoms with Gasteiger partial charge in [-0.15, -0.1) is 11.8 Å². The Hall–Kier alpha value is -3.32. The molecular formula is C27H26FN3O2S. The van der Waals surface area contributed by atoms with Gasteiger partial charge in [0.1, 0.15) is 5.82 Å². The van der Waals surface area contributed by atoms with Crippen LogP contribution in [0.2, 0.25) is 0 Å². The van der Waals surface area contributed by atoms with Gasteiger partial charge in [0.25, 0.3) is 5.91 Å². The van der Waals surface area contributed by atoms with Crippen LogP contribution in [0.4, 0.5) is 14.9 Å². The lowest BCUT2D eigenvalue weighted by Gasteiger charge is -2.33. The number of anilines is 1. The quantitative estimate of drug-likeness (QED) is 0.571. The van der Waals surface area contributed by atoms with Gasteiger partial charge >= 0.3 is 6.03 Å². The van der Waals surface area contributed by atoms with Crippen LogP contribution in [0.1, 0.15) is 27.8 Å². The molecule has 1 N–H and O–H groups in total. The molecule has 0 radical (unpaired) electrons. The molecule has 2 heterocycles. The highest BCUT2D eigenvalue weighted by molar-refractivity contribution is 8.01. The van der Waals surface area contributed by atoms with Crippen LogP contribution < -0.4 is 10.2 Å². The second-order valence-electron chi connectivity index (χ2n) is 8.83. The van der Waals surface area contributed by atoms with Crippen LogP contribution in [-0.2, 0) is 22.8 Å². The lowest BCUT2D eigenvalue weighted by molar-refractivity contribution is -0.123. The molecular weight excluding hydrogens is 449 g/mol. The number of hydrogen-bond acceptors (Lipinski definition) is 3. The lowest BCUT2D eigenvalue weighted by atomic mass is 10.0. The van der Waals surface area contributed by atoms with E-state index in [9.17, 15) is 14.0 Å². The van der Waals surface area contributed by atoms with Crippen molar-refractivity contribution in [2.45, 2.75) is 31.8 Å². The summed E-state index contributed by atoms with van der Waals surface area (Å²) in [6.07, 6.45) is 0. The normalized spacial score (nSPS) is 19.1. The lowest BCUT2D eigenvalue weighted by Crippen LogP contribution is -2.53. The van der Waals surface area contributed by atoms with Crippen molar-refractivity contribution in [3.05, 3.63) is 100 Å². The molecule has 1 atom stereocenters. The summed E-state index contributed by atoms with van der Waals surface area (Å²) in [6, 6.07) is 19.9. The van der Waals surface area contributed by atoms with Crippen LogP contribution in [0.3, 0.4) is 0 Å². The zero-order valence-electron chi connectivity index (χ0n) is 19.2. The molecule has 1 spiro atoms. The van der Waals surface area contributed by atoms with Crippen LogP contribution in [0.5, 0.6) is 0 Å². The Kier molecular flexibility index (Phi) is 5.81. The summed E-state index contributed by atoms with van der Waals surface area (Å²) >= 11 is 1.50. The number of nitrogens with zero attached hydrogens (tertiary/aromatic N) is 2. The number of carbonyl (C=O) groups excluding carboxylic acids is 2. The van der Waals surface area contributed by atoms with E-state index in [0.29, 0.717) is 25.4 Å². The van der Waals surface area contributed by atoms with Gasteiger partial charge in [0.05, 0.1) is 12.2 Å². The minimum Gasteiger partial charge on any atom is -0.334 e. The topological polar surface area (TPSA) is 52.7 Å². The molecule has 5 rings (SSSR count). The smallest absolute Gasteiger partial charge is 0.319 e. The van der Waals surface area contributed by atoms with Gasteiger partial charge in [-0.25, -0.2) is 9.18 Å². The number of benzene rings is 3. The summed E-state index contributed by atoms with van der Waals surface area (Å²) < 4.78 is 13.4. The molecule has 0 saturated carbocycles. The zero-order chi connectivity index (χ0) is 23.9. The molecule has 2 aliphatic heterocycles. The molecule has 0 aliphatic carbocycles. The Bertz CT molecular complexity index is 1260. The van der Waals surface area contributed by atoms with Crippen LogP contribution in [0.25, 0.3) is 0 Å². The highest BCUT2D eigenvalue weighted by atomic mass is 32.2. The monoisotopic (exact) mass is 475 g/mol. The number of amides is 3. The summed E-state index contributed by atoms with van der Waals surface area (Å²) in [5, 5.41) is 3.02. The molecule has 34 heavy (non-hydrogen) atoms. The standard InChI is InChI=1S/C27H26FN3O2S/c1-18-4-3-5-21(14-18)16-29-26(33)31-12-13-34-27(31)23-15-19(2)6-11-24(23)30(25(27)32)17-20-7-9-22(28)10-8-20/h3-11,14-15H,12-13,16-17H2,1-2H3,(H,29,33)/t27-/m1/s1. The van der Waals surface area contributed by atoms with Crippen molar-refractivity contribution in [3.63, 3.8) is 0 Å². The second kappa shape index (κ2) is 8.80. The SMILES string of the molecule is Cc1cccc(CNC(=O)N2CCS[C@]23C(=O)N(Cc2ccc(F)cc2)c2ccc(C)cc23)c1. The Labute approximate surface area is 202 Å². The van der Waals surface area contributed by atoms with Crippen molar-refractivity contribution >= 4 is 29.4 Å². The van der Waals surface area contributed by atoms with Gasteiger partial charge in [0.15, 0.2) is 4.87 Å². The number of urea groups is 1. The van der Waals surface area contributed by atoms with E-state index in [1.807, 2.05) is 56.3 Å². The molecule has 5 nitrogen and oxygen atoms in total. The van der Waals surface area contributed by atoms with E-state index in [4.69, 9.17) is 0 Å². The number of thioether (sulfide) groups is 1. The molecule has 0 bridgehead atoms. The fraction of sp³-hybridized carbons (Fsp3) is 0.259. The third kappa shape index (κ3) is 3.84. The molecule has 174 valence electrons. The van der Waals surface area contributed by atoms with Crippen LogP contribution >= 0.6 is 11.8 Å². The molecule has 1 saturated heterocycles. The maximum Gasteiger partial charge on any atom is 0.319 e. The molecule has 1 fully saturated rings. The third-order valence-corrected chi connectivity index (χ3v) is 7.79. The van der Waals surface area contributed by atoms with Gasteiger partial charge in [0, 0.05) is 24.4 Å². The van der Waals surface area contributed by atoms with Crippen molar-refractivity contribution in [1.82, 2.24) is 10.2 Å². The van der Waals surface area contributed by atoms with E-state index < -0.39 is 4.87 Å². The number of fused-ring (bicyclic) bond motifs is 2. The first-order valence-electron chi connectivity index (χ1n) is 11.3. The van der Waals surface area contributed by atoms with E-state index in [0.717, 1.165) is 33.5 Å². The van der Waals surface area contributed by atoms with Gasteiger partial charge in [-0.3, -0.25) is 9.69 Å². The van der Waals surface area contributed by atoms with Crippen molar-refractivity contribution in [2.75, 3.05) is 17.2 Å². The van der Waals surface area contributed by atoms with E-state index in [2.05, 4.69) is 5.32 Å². The Morgan fingerprint density at radius 1 is 1.03 bits per heavy atom. The van der Waals surface area contributed by atoms with Crippen molar-refractivity contribution in [1.29, 1.82) is 0 Å². The maximum absolute atomic E-state index is 14.0. The summed E-state index contributed by atoms with van der Waals surface area (Å²) in [4.78, 5) is 29.7. The largest absolute Gasteiger partial charge is 0.334 e. The maximum atomic E-state index is 14.0. The average molecular weight is 476 g/mol. The third-order valence-electron chi connectivity index (χ3n) is 6.37. The number of carbonyl (C=O) groups is 2. The van der Waals surface area contributed by atoms with Crippen molar-refractivity contribution < 1.29 is 14.0 Å². The second-order valence-corrected chi connectivity index (χ2v) is 10.1. The number of hydrogen-bond donors (Lipinski definition) is 1.